The molecule has 1 N–H and O–H groups in total. The normalized spacial score (nSPS) is 20.0. The Morgan fingerprint density at radius 3 is 2.90 bits per heavy atom. The van der Waals surface area contributed by atoms with Gasteiger partial charge in [-0.2, -0.15) is 0 Å². The first-order valence-electron chi connectivity index (χ1n) is 7.55. The fourth-order valence-corrected chi connectivity index (χ4v) is 3.11. The largest absolute Gasteiger partial charge is 0.508 e. The lowest BCUT2D eigenvalue weighted by molar-refractivity contribution is 0.153. The summed E-state index contributed by atoms with van der Waals surface area (Å²) >= 11 is 0. The van der Waals surface area contributed by atoms with Crippen LogP contribution in [0.5, 0.6) is 5.75 Å². The molecule has 2 aromatic rings. The number of aryl methyl sites for hydroxylation is 1. The Kier molecular flexibility index (Phi) is 3.72. The first-order valence-corrected chi connectivity index (χ1v) is 7.55. The van der Waals surface area contributed by atoms with Crippen molar-refractivity contribution >= 4 is 11.0 Å². The SMILES string of the molecule is Cc1cc2oc(=O)cc(CN3CCCC[C@H]3C)c2cc1O. The van der Waals surface area contributed by atoms with Gasteiger partial charge in [0.15, 0.2) is 0 Å². The van der Waals surface area contributed by atoms with E-state index in [0.29, 0.717) is 17.2 Å². The molecule has 1 aliphatic rings. The third-order valence-corrected chi connectivity index (χ3v) is 4.46. The van der Waals surface area contributed by atoms with Crippen LogP contribution >= 0.6 is 0 Å². The molecule has 1 aliphatic heterocycles. The molecule has 3 rings (SSSR count). The molecular weight excluding hydrogens is 266 g/mol. The summed E-state index contributed by atoms with van der Waals surface area (Å²) in [6.07, 6.45) is 3.67. The molecule has 0 amide bonds. The molecule has 112 valence electrons. The van der Waals surface area contributed by atoms with E-state index in [1.807, 2.05) is 0 Å². The summed E-state index contributed by atoms with van der Waals surface area (Å²) in [4.78, 5) is 14.2. The molecule has 2 heterocycles. The van der Waals surface area contributed by atoms with Crippen LogP contribution in [0.1, 0.15) is 37.3 Å². The summed E-state index contributed by atoms with van der Waals surface area (Å²) in [7, 11) is 0. The highest BCUT2D eigenvalue weighted by atomic mass is 16.4. The predicted molar refractivity (Wildman–Crippen MR) is 82.6 cm³/mol. The highest BCUT2D eigenvalue weighted by Gasteiger charge is 2.20. The predicted octanol–water partition coefficient (Wildman–Crippen LogP) is 3.18. The van der Waals surface area contributed by atoms with Crippen molar-refractivity contribution < 1.29 is 9.52 Å². The molecule has 1 aromatic carbocycles. The van der Waals surface area contributed by atoms with E-state index < -0.39 is 0 Å². The van der Waals surface area contributed by atoms with E-state index >= 15 is 0 Å². The Morgan fingerprint density at radius 2 is 2.14 bits per heavy atom. The van der Waals surface area contributed by atoms with Gasteiger partial charge < -0.3 is 9.52 Å². The summed E-state index contributed by atoms with van der Waals surface area (Å²) < 4.78 is 5.27. The van der Waals surface area contributed by atoms with Crippen molar-refractivity contribution in [3.8, 4) is 5.75 Å². The number of aromatic hydroxyl groups is 1. The number of hydrogen-bond donors (Lipinski definition) is 1. The van der Waals surface area contributed by atoms with Crippen LogP contribution < -0.4 is 5.63 Å². The molecule has 0 bridgehead atoms. The van der Waals surface area contributed by atoms with Crippen LogP contribution in [-0.4, -0.2) is 22.6 Å². The van der Waals surface area contributed by atoms with Gasteiger partial charge in [-0.25, -0.2) is 4.79 Å². The zero-order chi connectivity index (χ0) is 15.0. The maximum Gasteiger partial charge on any atom is 0.336 e. The maximum atomic E-state index is 11.8. The number of hydrogen-bond acceptors (Lipinski definition) is 4. The molecule has 1 aromatic heterocycles. The molecule has 4 nitrogen and oxygen atoms in total. The third kappa shape index (κ3) is 2.81. The second-order valence-electron chi connectivity index (χ2n) is 6.04. The van der Waals surface area contributed by atoms with Gasteiger partial charge in [-0.15, -0.1) is 0 Å². The van der Waals surface area contributed by atoms with Gasteiger partial charge in [0, 0.05) is 24.0 Å². The van der Waals surface area contributed by atoms with E-state index in [2.05, 4.69) is 11.8 Å². The molecule has 21 heavy (non-hydrogen) atoms. The van der Waals surface area contributed by atoms with Gasteiger partial charge in [-0.3, -0.25) is 4.90 Å². The van der Waals surface area contributed by atoms with Crippen molar-refractivity contribution in [2.24, 2.45) is 0 Å². The van der Waals surface area contributed by atoms with Crippen LogP contribution in [0.4, 0.5) is 0 Å². The van der Waals surface area contributed by atoms with Gasteiger partial charge in [0.1, 0.15) is 11.3 Å². The average molecular weight is 287 g/mol. The molecule has 0 saturated carbocycles. The minimum absolute atomic E-state index is 0.240. The van der Waals surface area contributed by atoms with Crippen molar-refractivity contribution in [1.82, 2.24) is 4.90 Å². The molecule has 0 aliphatic carbocycles. The third-order valence-electron chi connectivity index (χ3n) is 4.46. The number of phenolic OH excluding ortho intramolecular Hbond substituents is 1. The summed E-state index contributed by atoms with van der Waals surface area (Å²) in [6, 6.07) is 5.52. The molecule has 0 unspecified atom stereocenters. The smallest absolute Gasteiger partial charge is 0.336 e. The zero-order valence-electron chi connectivity index (χ0n) is 12.6. The Hall–Kier alpha value is -1.81. The average Bonchev–Trinajstić information content (AvgIpc) is 2.43. The van der Waals surface area contributed by atoms with Crippen molar-refractivity contribution in [2.45, 2.75) is 45.7 Å². The first kappa shape index (κ1) is 14.1. The number of fused-ring (bicyclic) bond motifs is 1. The minimum atomic E-state index is -0.327. The highest BCUT2D eigenvalue weighted by molar-refractivity contribution is 5.82. The van der Waals surface area contributed by atoms with Gasteiger partial charge in [0.05, 0.1) is 0 Å². The van der Waals surface area contributed by atoms with Gasteiger partial charge in [-0.1, -0.05) is 6.42 Å². The molecule has 1 fully saturated rings. The lowest BCUT2D eigenvalue weighted by Crippen LogP contribution is -2.36. The fraction of sp³-hybridized carbons (Fsp3) is 0.471. The Morgan fingerprint density at radius 1 is 1.33 bits per heavy atom. The van der Waals surface area contributed by atoms with Crippen molar-refractivity contribution in [3.63, 3.8) is 0 Å². The highest BCUT2D eigenvalue weighted by Crippen LogP contribution is 2.28. The Balaban J connectivity index is 2.04. The summed E-state index contributed by atoms with van der Waals surface area (Å²) in [5.74, 6) is 0.240. The zero-order valence-corrected chi connectivity index (χ0v) is 12.6. The first-order chi connectivity index (χ1) is 10.0. The van der Waals surface area contributed by atoms with E-state index in [4.69, 9.17) is 4.42 Å². The van der Waals surface area contributed by atoms with Crippen molar-refractivity contribution in [1.29, 1.82) is 0 Å². The lowest BCUT2D eigenvalue weighted by atomic mass is 10.0. The molecule has 0 spiro atoms. The van der Waals surface area contributed by atoms with E-state index in [0.717, 1.165) is 24.0 Å². The quantitative estimate of drug-likeness (QED) is 0.862. The van der Waals surface area contributed by atoms with Crippen LogP contribution in [0.15, 0.2) is 27.4 Å². The van der Waals surface area contributed by atoms with E-state index in [1.165, 1.54) is 19.3 Å². The topological polar surface area (TPSA) is 53.7 Å². The van der Waals surface area contributed by atoms with Crippen LogP contribution in [0, 0.1) is 6.92 Å². The second-order valence-corrected chi connectivity index (χ2v) is 6.04. The van der Waals surface area contributed by atoms with Gasteiger partial charge >= 0.3 is 5.63 Å². The minimum Gasteiger partial charge on any atom is -0.508 e. The molecule has 4 heteroatoms. The van der Waals surface area contributed by atoms with E-state index in [9.17, 15) is 9.90 Å². The molecular formula is C17H21NO3. The number of rotatable bonds is 2. The van der Waals surface area contributed by atoms with E-state index in [-0.39, 0.29) is 11.4 Å². The van der Waals surface area contributed by atoms with Crippen LogP contribution in [-0.2, 0) is 6.54 Å². The standard InChI is InChI=1S/C17H21NO3/c1-11-7-16-14(9-15(11)19)13(8-17(20)21-16)10-18-6-4-3-5-12(18)2/h7-9,12,19H,3-6,10H2,1-2H3/t12-/m1/s1. The van der Waals surface area contributed by atoms with Crippen molar-refractivity contribution in [2.75, 3.05) is 6.54 Å². The molecule has 0 radical (unpaired) electrons. The summed E-state index contributed by atoms with van der Waals surface area (Å²) in [6.45, 7) is 5.81. The number of piperidine rings is 1. The summed E-state index contributed by atoms with van der Waals surface area (Å²) in [5, 5.41) is 10.8. The lowest BCUT2D eigenvalue weighted by Gasteiger charge is -2.33. The maximum absolute atomic E-state index is 11.8. The fourth-order valence-electron chi connectivity index (χ4n) is 3.11. The number of phenols is 1. The van der Waals surface area contributed by atoms with Gasteiger partial charge in [0.25, 0.3) is 0 Å². The molecule has 1 saturated heterocycles. The summed E-state index contributed by atoms with van der Waals surface area (Å²) in [5.41, 5.74) is 1.88. The number of nitrogens with zero attached hydrogens (tertiary/aromatic N) is 1. The van der Waals surface area contributed by atoms with Crippen LogP contribution in [0.3, 0.4) is 0 Å². The molecule has 1 atom stereocenters. The van der Waals surface area contributed by atoms with Crippen LogP contribution in [0.2, 0.25) is 0 Å². The van der Waals surface area contributed by atoms with Crippen molar-refractivity contribution in [3.05, 3.63) is 39.7 Å². The monoisotopic (exact) mass is 287 g/mol. The number of likely N-dealkylation sites (tertiary alicyclic amines) is 1. The van der Waals surface area contributed by atoms with E-state index in [1.54, 1.807) is 25.1 Å². The second kappa shape index (κ2) is 5.53. The Labute approximate surface area is 124 Å². The van der Waals surface area contributed by atoms with Crippen LogP contribution in [0.25, 0.3) is 11.0 Å². The Bertz CT molecular complexity index is 720. The van der Waals surface area contributed by atoms with Gasteiger partial charge in [0.2, 0.25) is 0 Å². The number of benzene rings is 1. The van der Waals surface area contributed by atoms with Gasteiger partial charge in [-0.05, 0) is 56.5 Å².